The van der Waals surface area contributed by atoms with Crippen molar-refractivity contribution in [2.75, 3.05) is 7.11 Å². The van der Waals surface area contributed by atoms with Crippen LogP contribution < -0.4 is 0 Å². The van der Waals surface area contributed by atoms with Crippen LogP contribution >= 0.6 is 11.6 Å². The third kappa shape index (κ3) is 2.63. The molecule has 3 heteroatoms. The number of carbonyl (C=O) groups is 1. The van der Waals surface area contributed by atoms with Gasteiger partial charge in [-0.05, 0) is 46.0 Å². The largest absolute Gasteiger partial charge is 0.466 e. The third-order valence-electron chi connectivity index (χ3n) is 3.46. The van der Waals surface area contributed by atoms with Gasteiger partial charge < -0.3 is 4.74 Å². The standard InChI is InChI=1S/C18H13ClO2/c1-21-18(20)11-17-15-5-3-2-4-13(15)10-16(17)12-6-8-14(19)9-7-12/h2-11H,1H3/b17-11+. The van der Waals surface area contributed by atoms with Gasteiger partial charge in [0.15, 0.2) is 0 Å². The highest BCUT2D eigenvalue weighted by molar-refractivity contribution is 6.30. The molecule has 0 saturated carbocycles. The fraction of sp³-hybridized carbons (Fsp3) is 0.0556. The molecule has 0 saturated heterocycles. The smallest absolute Gasteiger partial charge is 0.331 e. The Balaban J connectivity index is 2.13. The van der Waals surface area contributed by atoms with E-state index in [9.17, 15) is 4.79 Å². The van der Waals surface area contributed by atoms with Crippen LogP contribution in [0.25, 0.3) is 17.2 Å². The Morgan fingerprint density at radius 1 is 1.10 bits per heavy atom. The predicted molar refractivity (Wildman–Crippen MR) is 85.8 cm³/mol. The van der Waals surface area contributed by atoms with Gasteiger partial charge in [0, 0.05) is 11.1 Å². The number of fused-ring (bicyclic) bond motifs is 1. The lowest BCUT2D eigenvalue weighted by molar-refractivity contribution is -0.134. The van der Waals surface area contributed by atoms with Crippen molar-refractivity contribution in [2.24, 2.45) is 0 Å². The van der Waals surface area contributed by atoms with E-state index >= 15 is 0 Å². The third-order valence-corrected chi connectivity index (χ3v) is 3.71. The monoisotopic (exact) mass is 296 g/mol. The Kier molecular flexibility index (Phi) is 3.63. The molecular formula is C18H13ClO2. The van der Waals surface area contributed by atoms with Gasteiger partial charge in [-0.25, -0.2) is 4.79 Å². The summed E-state index contributed by atoms with van der Waals surface area (Å²) < 4.78 is 4.77. The van der Waals surface area contributed by atoms with Crippen LogP contribution in [0.5, 0.6) is 0 Å². The zero-order valence-corrected chi connectivity index (χ0v) is 12.2. The molecule has 21 heavy (non-hydrogen) atoms. The van der Waals surface area contributed by atoms with Crippen molar-refractivity contribution in [3.8, 4) is 0 Å². The average molecular weight is 297 g/mol. The molecule has 2 aromatic carbocycles. The molecular weight excluding hydrogens is 284 g/mol. The molecule has 0 amide bonds. The molecule has 2 aromatic rings. The Bertz CT molecular complexity index is 755. The van der Waals surface area contributed by atoms with E-state index in [0.717, 1.165) is 27.8 Å². The number of methoxy groups -OCH3 is 1. The zero-order chi connectivity index (χ0) is 14.8. The van der Waals surface area contributed by atoms with Crippen molar-refractivity contribution in [2.45, 2.75) is 0 Å². The van der Waals surface area contributed by atoms with Crippen molar-refractivity contribution in [1.29, 1.82) is 0 Å². The first-order valence-corrected chi connectivity index (χ1v) is 6.94. The van der Waals surface area contributed by atoms with Crippen LogP contribution in [0.3, 0.4) is 0 Å². The van der Waals surface area contributed by atoms with E-state index in [-0.39, 0.29) is 5.97 Å². The van der Waals surface area contributed by atoms with Gasteiger partial charge >= 0.3 is 5.97 Å². The summed E-state index contributed by atoms with van der Waals surface area (Å²) in [7, 11) is 1.38. The van der Waals surface area contributed by atoms with Crippen LogP contribution in [0.1, 0.15) is 16.7 Å². The van der Waals surface area contributed by atoms with Crippen LogP contribution in [0.2, 0.25) is 5.02 Å². The van der Waals surface area contributed by atoms with Crippen LogP contribution in [-0.4, -0.2) is 13.1 Å². The number of carbonyl (C=O) groups excluding carboxylic acids is 1. The second-order valence-electron chi connectivity index (χ2n) is 4.73. The van der Waals surface area contributed by atoms with E-state index < -0.39 is 0 Å². The maximum Gasteiger partial charge on any atom is 0.331 e. The van der Waals surface area contributed by atoms with Crippen molar-refractivity contribution >= 4 is 34.8 Å². The van der Waals surface area contributed by atoms with E-state index in [1.165, 1.54) is 13.2 Å². The molecule has 0 aliphatic heterocycles. The van der Waals surface area contributed by atoms with E-state index in [1.54, 1.807) is 0 Å². The minimum absolute atomic E-state index is 0.360. The number of benzene rings is 2. The van der Waals surface area contributed by atoms with Gasteiger partial charge in [0.1, 0.15) is 0 Å². The summed E-state index contributed by atoms with van der Waals surface area (Å²) in [5.74, 6) is -0.360. The topological polar surface area (TPSA) is 26.3 Å². The minimum Gasteiger partial charge on any atom is -0.466 e. The molecule has 0 bridgehead atoms. The molecule has 2 nitrogen and oxygen atoms in total. The molecule has 0 fully saturated rings. The highest BCUT2D eigenvalue weighted by Gasteiger charge is 2.20. The Morgan fingerprint density at radius 2 is 1.81 bits per heavy atom. The molecule has 0 unspecified atom stereocenters. The van der Waals surface area contributed by atoms with Crippen LogP contribution in [0.15, 0.2) is 54.6 Å². The maximum absolute atomic E-state index is 11.7. The summed E-state index contributed by atoms with van der Waals surface area (Å²) in [6, 6.07) is 15.6. The number of esters is 1. The average Bonchev–Trinajstić information content (AvgIpc) is 2.87. The zero-order valence-electron chi connectivity index (χ0n) is 11.5. The van der Waals surface area contributed by atoms with Gasteiger partial charge in [-0.3, -0.25) is 0 Å². The summed E-state index contributed by atoms with van der Waals surface area (Å²) in [5, 5.41) is 0.688. The summed E-state index contributed by atoms with van der Waals surface area (Å²) in [6.45, 7) is 0. The molecule has 0 radical (unpaired) electrons. The van der Waals surface area contributed by atoms with Crippen molar-refractivity contribution in [3.05, 3.63) is 76.3 Å². The van der Waals surface area contributed by atoms with E-state index in [1.807, 2.05) is 48.5 Å². The first-order chi connectivity index (χ1) is 10.2. The van der Waals surface area contributed by atoms with Crippen LogP contribution in [0, 0.1) is 0 Å². The number of hydrogen-bond acceptors (Lipinski definition) is 2. The van der Waals surface area contributed by atoms with E-state index in [0.29, 0.717) is 5.02 Å². The van der Waals surface area contributed by atoms with Crippen LogP contribution in [-0.2, 0) is 9.53 Å². The normalized spacial score (nSPS) is 14.8. The first kappa shape index (κ1) is 13.7. The fourth-order valence-electron chi connectivity index (χ4n) is 2.45. The van der Waals surface area contributed by atoms with E-state index in [2.05, 4.69) is 6.08 Å². The second kappa shape index (κ2) is 5.58. The number of hydrogen-bond donors (Lipinski definition) is 0. The second-order valence-corrected chi connectivity index (χ2v) is 5.17. The summed E-state index contributed by atoms with van der Waals surface area (Å²) in [6.07, 6.45) is 3.61. The van der Waals surface area contributed by atoms with Gasteiger partial charge in [0.25, 0.3) is 0 Å². The lowest BCUT2D eigenvalue weighted by Crippen LogP contribution is -1.97. The number of ether oxygens (including phenoxy) is 1. The summed E-state index contributed by atoms with van der Waals surface area (Å²) in [4.78, 5) is 11.7. The minimum atomic E-state index is -0.360. The van der Waals surface area contributed by atoms with Crippen LogP contribution in [0.4, 0.5) is 0 Å². The molecule has 0 N–H and O–H groups in total. The lowest BCUT2D eigenvalue weighted by atomic mass is 9.97. The molecule has 0 aromatic heterocycles. The molecule has 104 valence electrons. The Labute approximate surface area is 128 Å². The van der Waals surface area contributed by atoms with Crippen molar-refractivity contribution in [1.82, 2.24) is 0 Å². The highest BCUT2D eigenvalue weighted by atomic mass is 35.5. The molecule has 0 heterocycles. The van der Waals surface area contributed by atoms with Gasteiger partial charge in [-0.2, -0.15) is 0 Å². The number of rotatable bonds is 2. The SMILES string of the molecule is COC(=O)/C=C1/C(c2ccc(Cl)cc2)=Cc2ccccc21. The quantitative estimate of drug-likeness (QED) is 0.604. The number of allylic oxidation sites excluding steroid dienone is 2. The van der Waals surface area contributed by atoms with Gasteiger partial charge in [-0.15, -0.1) is 0 Å². The Morgan fingerprint density at radius 3 is 2.52 bits per heavy atom. The highest BCUT2D eigenvalue weighted by Crippen LogP contribution is 2.41. The Hall–Kier alpha value is -2.32. The summed E-state index contributed by atoms with van der Waals surface area (Å²) in [5.41, 5.74) is 5.02. The summed E-state index contributed by atoms with van der Waals surface area (Å²) >= 11 is 5.94. The molecule has 1 aliphatic carbocycles. The van der Waals surface area contributed by atoms with Crippen molar-refractivity contribution < 1.29 is 9.53 Å². The van der Waals surface area contributed by atoms with E-state index in [4.69, 9.17) is 16.3 Å². The maximum atomic E-state index is 11.7. The van der Waals surface area contributed by atoms with Gasteiger partial charge in [0.05, 0.1) is 7.11 Å². The van der Waals surface area contributed by atoms with Gasteiger partial charge in [0.2, 0.25) is 0 Å². The number of halogens is 1. The van der Waals surface area contributed by atoms with Gasteiger partial charge in [-0.1, -0.05) is 48.0 Å². The molecule has 0 spiro atoms. The fourth-order valence-corrected chi connectivity index (χ4v) is 2.57. The molecule has 0 atom stereocenters. The predicted octanol–water partition coefficient (Wildman–Crippen LogP) is 4.45. The van der Waals surface area contributed by atoms with Crippen molar-refractivity contribution in [3.63, 3.8) is 0 Å². The first-order valence-electron chi connectivity index (χ1n) is 6.56. The molecule has 1 aliphatic rings. The lowest BCUT2D eigenvalue weighted by Gasteiger charge is -2.08. The molecule has 3 rings (SSSR count).